The van der Waals surface area contributed by atoms with Crippen LogP contribution in [-0.2, 0) is 24.8 Å². The Labute approximate surface area is 193 Å². The van der Waals surface area contributed by atoms with Crippen molar-refractivity contribution in [3.8, 4) is 0 Å². The Bertz CT molecular complexity index is 1280. The van der Waals surface area contributed by atoms with E-state index in [1.807, 2.05) is 0 Å². The monoisotopic (exact) mass is 483 g/mol. The summed E-state index contributed by atoms with van der Waals surface area (Å²) in [5.74, 6) is -0.633. The van der Waals surface area contributed by atoms with E-state index in [0.717, 1.165) is 10.8 Å². The molecule has 0 bridgehead atoms. The van der Waals surface area contributed by atoms with Gasteiger partial charge in [-0.3, -0.25) is 0 Å². The highest BCUT2D eigenvalue weighted by Gasteiger charge is 2.31. The van der Waals surface area contributed by atoms with E-state index in [0.29, 0.717) is 14.8 Å². The molecule has 0 unspecified atom stereocenters. The summed E-state index contributed by atoms with van der Waals surface area (Å²) in [7, 11) is -7.75. The van der Waals surface area contributed by atoms with Crippen molar-refractivity contribution in [2.45, 2.75) is 0 Å². The van der Waals surface area contributed by atoms with Crippen LogP contribution in [0.2, 0.25) is 0 Å². The van der Waals surface area contributed by atoms with E-state index in [4.69, 9.17) is 0 Å². The highest BCUT2D eigenvalue weighted by molar-refractivity contribution is 8.12. The molecule has 0 saturated carbocycles. The normalized spacial score (nSPS) is 12.2. The maximum absolute atomic E-state index is 13.2. The SMILES string of the molecule is COC(=O)c1ccc(N(S(=O)(=O)/C=C/c2ccccc2)S(=O)(=O)/C=C/c2ccccc2)cc1. The first kappa shape index (κ1) is 24.0. The number of anilines is 1. The van der Waals surface area contributed by atoms with Crippen LogP contribution in [0.25, 0.3) is 12.2 Å². The van der Waals surface area contributed by atoms with Gasteiger partial charge in [-0.15, -0.1) is 0 Å². The standard InChI is InChI=1S/C24H21NO6S2/c1-31-24(26)22-12-14-23(15-13-22)25(32(27,28)18-16-20-8-4-2-5-9-20)33(29,30)19-17-21-10-6-3-7-11-21/h2-19H,1H3/b18-16+,19-17+. The number of rotatable bonds is 8. The summed E-state index contributed by atoms with van der Waals surface area (Å²) in [6.45, 7) is 0. The van der Waals surface area contributed by atoms with Gasteiger partial charge in [0.05, 0.1) is 29.2 Å². The molecule has 170 valence electrons. The second-order valence-corrected chi connectivity index (χ2v) is 10.3. The van der Waals surface area contributed by atoms with Gasteiger partial charge in [0.15, 0.2) is 0 Å². The van der Waals surface area contributed by atoms with Crippen molar-refractivity contribution >= 4 is 43.9 Å². The number of benzene rings is 3. The first-order chi connectivity index (χ1) is 15.7. The molecule has 33 heavy (non-hydrogen) atoms. The average molecular weight is 484 g/mol. The Morgan fingerprint density at radius 2 is 1.12 bits per heavy atom. The molecular formula is C24H21NO6S2. The van der Waals surface area contributed by atoms with Crippen molar-refractivity contribution in [3.05, 3.63) is 112 Å². The van der Waals surface area contributed by atoms with Crippen LogP contribution in [0.5, 0.6) is 0 Å². The predicted octanol–water partition coefficient (Wildman–Crippen LogP) is 4.28. The second kappa shape index (κ2) is 10.3. The Morgan fingerprint density at radius 3 is 1.52 bits per heavy atom. The first-order valence-electron chi connectivity index (χ1n) is 9.68. The molecule has 9 heteroatoms. The molecule has 0 aromatic heterocycles. The number of carbonyl (C=O) groups is 1. The molecule has 0 N–H and O–H groups in total. The molecule has 7 nitrogen and oxygen atoms in total. The van der Waals surface area contributed by atoms with E-state index < -0.39 is 26.0 Å². The van der Waals surface area contributed by atoms with Crippen LogP contribution in [0.4, 0.5) is 5.69 Å². The Kier molecular flexibility index (Phi) is 7.47. The fourth-order valence-electron chi connectivity index (χ4n) is 2.84. The zero-order chi connectivity index (χ0) is 23.9. The molecule has 0 aliphatic carbocycles. The maximum Gasteiger partial charge on any atom is 0.337 e. The Morgan fingerprint density at radius 1 is 0.697 bits per heavy atom. The molecule has 0 fully saturated rings. The number of carbonyl (C=O) groups excluding carboxylic acids is 1. The van der Waals surface area contributed by atoms with Crippen LogP contribution in [0.15, 0.2) is 95.7 Å². The molecule has 0 aliphatic heterocycles. The van der Waals surface area contributed by atoms with Gasteiger partial charge in [0.1, 0.15) is 0 Å². The molecule has 0 spiro atoms. The lowest BCUT2D eigenvalue weighted by Crippen LogP contribution is -2.34. The van der Waals surface area contributed by atoms with E-state index in [1.54, 1.807) is 60.7 Å². The van der Waals surface area contributed by atoms with E-state index >= 15 is 0 Å². The van der Waals surface area contributed by atoms with Crippen LogP contribution in [-0.4, -0.2) is 29.9 Å². The Hall–Kier alpha value is -3.69. The van der Waals surface area contributed by atoms with Crippen LogP contribution < -0.4 is 3.71 Å². The molecule has 0 heterocycles. The minimum Gasteiger partial charge on any atom is -0.465 e. The Balaban J connectivity index is 2.06. The molecule has 3 rings (SSSR count). The van der Waals surface area contributed by atoms with Crippen LogP contribution in [0, 0.1) is 0 Å². The van der Waals surface area contributed by atoms with Crippen molar-refractivity contribution in [2.75, 3.05) is 10.8 Å². The number of sulfonamides is 2. The molecular weight excluding hydrogens is 462 g/mol. The van der Waals surface area contributed by atoms with Crippen LogP contribution in [0.1, 0.15) is 21.5 Å². The molecule has 0 saturated heterocycles. The summed E-state index contributed by atoms with van der Waals surface area (Å²) in [4.78, 5) is 11.7. The van der Waals surface area contributed by atoms with Crippen LogP contribution in [0.3, 0.4) is 0 Å². The van der Waals surface area contributed by atoms with Gasteiger partial charge >= 0.3 is 5.97 Å². The van der Waals surface area contributed by atoms with Crippen LogP contribution >= 0.6 is 0 Å². The fraction of sp³-hybridized carbons (Fsp3) is 0.0417. The largest absolute Gasteiger partial charge is 0.465 e. The van der Waals surface area contributed by atoms with Crippen molar-refractivity contribution < 1.29 is 26.4 Å². The molecule has 0 atom stereocenters. The summed E-state index contributed by atoms with van der Waals surface area (Å²) < 4.78 is 57.6. The lowest BCUT2D eigenvalue weighted by molar-refractivity contribution is 0.0600. The fourth-order valence-corrected chi connectivity index (χ4v) is 6.01. The van der Waals surface area contributed by atoms with Crippen molar-refractivity contribution in [2.24, 2.45) is 0 Å². The van der Waals surface area contributed by atoms with Gasteiger partial charge in [-0.05, 0) is 47.5 Å². The minimum absolute atomic E-state index is 0.149. The van der Waals surface area contributed by atoms with Gasteiger partial charge in [0.2, 0.25) is 0 Å². The number of esters is 1. The van der Waals surface area contributed by atoms with E-state index in [2.05, 4.69) is 4.74 Å². The van der Waals surface area contributed by atoms with Gasteiger partial charge in [-0.2, -0.15) is 3.71 Å². The molecule has 0 radical (unpaired) electrons. The third-order valence-corrected chi connectivity index (χ3v) is 7.98. The van der Waals surface area contributed by atoms with Gasteiger partial charge in [-0.25, -0.2) is 21.6 Å². The highest BCUT2D eigenvalue weighted by Crippen LogP contribution is 2.26. The summed E-state index contributed by atoms with van der Waals surface area (Å²) in [5.41, 5.74) is 1.16. The highest BCUT2D eigenvalue weighted by atomic mass is 32.3. The maximum atomic E-state index is 13.2. The third kappa shape index (κ3) is 6.18. The van der Waals surface area contributed by atoms with Crippen molar-refractivity contribution in [1.29, 1.82) is 0 Å². The van der Waals surface area contributed by atoms with E-state index in [-0.39, 0.29) is 11.3 Å². The zero-order valence-electron chi connectivity index (χ0n) is 17.6. The molecule has 0 amide bonds. The van der Waals surface area contributed by atoms with Gasteiger partial charge in [0.25, 0.3) is 20.0 Å². The lowest BCUT2D eigenvalue weighted by Gasteiger charge is -2.21. The average Bonchev–Trinajstić information content (AvgIpc) is 2.82. The second-order valence-electron chi connectivity index (χ2n) is 6.75. The number of methoxy groups -OCH3 is 1. The summed E-state index contributed by atoms with van der Waals surface area (Å²) in [6, 6.07) is 22.3. The first-order valence-corrected chi connectivity index (χ1v) is 12.7. The quantitative estimate of drug-likeness (QED) is 0.444. The summed E-state index contributed by atoms with van der Waals surface area (Å²) >= 11 is 0. The number of nitrogens with zero attached hydrogens (tertiary/aromatic N) is 1. The van der Waals surface area contributed by atoms with Crippen molar-refractivity contribution in [3.63, 3.8) is 0 Å². The van der Waals surface area contributed by atoms with Gasteiger partial charge < -0.3 is 4.74 Å². The smallest absolute Gasteiger partial charge is 0.337 e. The third-order valence-electron chi connectivity index (χ3n) is 4.43. The zero-order valence-corrected chi connectivity index (χ0v) is 19.2. The summed E-state index contributed by atoms with van der Waals surface area (Å²) in [6.07, 6.45) is 2.61. The van der Waals surface area contributed by atoms with Gasteiger partial charge in [-0.1, -0.05) is 60.7 Å². The van der Waals surface area contributed by atoms with Gasteiger partial charge in [0, 0.05) is 0 Å². The summed E-state index contributed by atoms with van der Waals surface area (Å²) in [5, 5.41) is 1.65. The number of ether oxygens (including phenoxy) is 1. The number of hydrogen-bond acceptors (Lipinski definition) is 6. The lowest BCUT2D eigenvalue weighted by atomic mass is 10.2. The number of hydrogen-bond donors (Lipinski definition) is 0. The molecule has 3 aromatic rings. The van der Waals surface area contributed by atoms with Crippen molar-refractivity contribution in [1.82, 2.24) is 0 Å². The molecule has 0 aliphatic rings. The van der Waals surface area contributed by atoms with E-state index in [9.17, 15) is 21.6 Å². The topological polar surface area (TPSA) is 97.8 Å². The van der Waals surface area contributed by atoms with E-state index in [1.165, 1.54) is 43.5 Å². The molecule has 3 aromatic carbocycles. The predicted molar refractivity (Wildman–Crippen MR) is 129 cm³/mol. The minimum atomic E-state index is -4.48.